The molecule has 0 saturated carbocycles. The van der Waals surface area contributed by atoms with E-state index in [4.69, 9.17) is 0 Å². The van der Waals surface area contributed by atoms with Gasteiger partial charge in [-0.2, -0.15) is 13.2 Å². The van der Waals surface area contributed by atoms with E-state index in [1.54, 1.807) is 0 Å². The molecule has 0 unspecified atom stereocenters. The zero-order valence-corrected chi connectivity index (χ0v) is 14.5. The van der Waals surface area contributed by atoms with Crippen molar-refractivity contribution in [2.45, 2.75) is 51.4 Å². The van der Waals surface area contributed by atoms with Crippen LogP contribution in [0.2, 0.25) is 0 Å². The molecule has 1 aromatic rings. The van der Waals surface area contributed by atoms with Gasteiger partial charge in [-0.15, -0.1) is 0 Å². The molecular weight excluding hydrogens is 335 g/mol. The standard InChI is InChI=1S/C17H24F3N3O2/c1-16(2,23-9-4-3-5-10-23)12-21-14(24)11-22-8-6-7-13(15(22)25)17(18,19)20/h6-8H,3-5,9-12H2,1-2H3,(H,21,24). The lowest BCUT2D eigenvalue weighted by atomic mass is 9.98. The molecule has 0 bridgehead atoms. The quantitative estimate of drug-likeness (QED) is 0.877. The maximum absolute atomic E-state index is 12.8. The second kappa shape index (κ2) is 7.59. The first kappa shape index (κ1) is 19.5. The number of carbonyl (C=O) groups excluding carboxylic acids is 1. The second-order valence-corrected chi connectivity index (χ2v) is 6.99. The third-order valence-corrected chi connectivity index (χ3v) is 4.57. The van der Waals surface area contributed by atoms with Crippen molar-refractivity contribution in [3.63, 3.8) is 0 Å². The molecular formula is C17H24F3N3O2. The number of nitrogens with zero attached hydrogens (tertiary/aromatic N) is 2. The molecule has 0 radical (unpaired) electrons. The van der Waals surface area contributed by atoms with Crippen LogP contribution in [-0.4, -0.2) is 40.5 Å². The van der Waals surface area contributed by atoms with Gasteiger partial charge in [0.05, 0.1) is 0 Å². The predicted molar refractivity (Wildman–Crippen MR) is 88.2 cm³/mol. The van der Waals surface area contributed by atoms with Crippen LogP contribution in [0.25, 0.3) is 0 Å². The van der Waals surface area contributed by atoms with Crippen molar-refractivity contribution in [2.24, 2.45) is 0 Å². The Morgan fingerprint density at radius 1 is 1.20 bits per heavy atom. The Hall–Kier alpha value is -1.83. The number of halogens is 3. The molecule has 1 N–H and O–H groups in total. The molecule has 1 saturated heterocycles. The van der Waals surface area contributed by atoms with Crippen LogP contribution in [0.5, 0.6) is 0 Å². The molecule has 0 aliphatic carbocycles. The highest BCUT2D eigenvalue weighted by molar-refractivity contribution is 5.75. The van der Waals surface area contributed by atoms with Crippen LogP contribution >= 0.6 is 0 Å². The summed E-state index contributed by atoms with van der Waals surface area (Å²) in [5, 5.41) is 2.73. The first-order valence-corrected chi connectivity index (χ1v) is 8.40. The Bertz CT molecular complexity index is 662. The summed E-state index contributed by atoms with van der Waals surface area (Å²) >= 11 is 0. The summed E-state index contributed by atoms with van der Waals surface area (Å²) in [5.74, 6) is -0.480. The number of hydrogen-bond donors (Lipinski definition) is 1. The topological polar surface area (TPSA) is 54.3 Å². The van der Waals surface area contributed by atoms with E-state index in [1.165, 1.54) is 12.6 Å². The van der Waals surface area contributed by atoms with E-state index >= 15 is 0 Å². The van der Waals surface area contributed by atoms with Gasteiger partial charge in [0.2, 0.25) is 5.91 Å². The van der Waals surface area contributed by atoms with Gasteiger partial charge in [0.15, 0.2) is 0 Å². The lowest BCUT2D eigenvalue weighted by Gasteiger charge is -2.41. The van der Waals surface area contributed by atoms with Gasteiger partial charge in [-0.1, -0.05) is 6.42 Å². The monoisotopic (exact) mass is 359 g/mol. The Kier molecular flexibility index (Phi) is 5.92. The van der Waals surface area contributed by atoms with E-state index in [0.29, 0.717) is 6.54 Å². The van der Waals surface area contributed by atoms with Crippen LogP contribution in [0.1, 0.15) is 38.7 Å². The van der Waals surface area contributed by atoms with Gasteiger partial charge in [0, 0.05) is 18.3 Å². The lowest BCUT2D eigenvalue weighted by Crippen LogP contribution is -2.53. The number of pyridine rings is 1. The summed E-state index contributed by atoms with van der Waals surface area (Å²) in [6.45, 7) is 5.92. The number of hydrogen-bond acceptors (Lipinski definition) is 3. The zero-order chi connectivity index (χ0) is 18.7. The Morgan fingerprint density at radius 3 is 2.44 bits per heavy atom. The van der Waals surface area contributed by atoms with Gasteiger partial charge in [-0.25, -0.2) is 0 Å². The first-order valence-electron chi connectivity index (χ1n) is 8.40. The molecule has 2 rings (SSSR count). The van der Waals surface area contributed by atoms with Crippen LogP contribution < -0.4 is 10.9 Å². The number of carbonyl (C=O) groups is 1. The maximum atomic E-state index is 12.8. The van der Waals surface area contributed by atoms with E-state index in [0.717, 1.165) is 42.6 Å². The van der Waals surface area contributed by atoms with Crippen LogP contribution in [0, 0.1) is 0 Å². The zero-order valence-electron chi connectivity index (χ0n) is 14.5. The molecule has 0 aromatic carbocycles. The number of aromatic nitrogens is 1. The molecule has 1 aliphatic rings. The summed E-state index contributed by atoms with van der Waals surface area (Å²) in [4.78, 5) is 26.2. The number of likely N-dealkylation sites (tertiary alicyclic amines) is 1. The Morgan fingerprint density at radius 2 is 1.84 bits per heavy atom. The van der Waals surface area contributed by atoms with E-state index < -0.39 is 29.8 Å². The van der Waals surface area contributed by atoms with Crippen molar-refractivity contribution in [1.29, 1.82) is 0 Å². The van der Waals surface area contributed by atoms with Gasteiger partial charge in [-0.05, 0) is 51.9 Å². The van der Waals surface area contributed by atoms with Crippen molar-refractivity contribution in [2.75, 3.05) is 19.6 Å². The predicted octanol–water partition coefficient (Wildman–Crippen LogP) is 2.25. The highest BCUT2D eigenvalue weighted by Gasteiger charge is 2.34. The summed E-state index contributed by atoms with van der Waals surface area (Å²) in [7, 11) is 0. The van der Waals surface area contributed by atoms with Crippen LogP contribution in [-0.2, 0) is 17.5 Å². The molecule has 8 heteroatoms. The molecule has 1 amide bonds. The van der Waals surface area contributed by atoms with Crippen LogP contribution in [0.4, 0.5) is 13.2 Å². The number of alkyl halides is 3. The van der Waals surface area contributed by atoms with Gasteiger partial charge >= 0.3 is 6.18 Å². The summed E-state index contributed by atoms with van der Waals surface area (Å²) in [5.41, 5.74) is -2.72. The SMILES string of the molecule is CC(C)(CNC(=O)Cn1cccc(C(F)(F)F)c1=O)N1CCCCC1. The molecule has 0 atom stereocenters. The van der Waals surface area contributed by atoms with Gasteiger partial charge in [0.1, 0.15) is 12.1 Å². The van der Waals surface area contributed by atoms with E-state index in [-0.39, 0.29) is 5.54 Å². The Labute approximate surface area is 144 Å². The van der Waals surface area contributed by atoms with Gasteiger partial charge < -0.3 is 9.88 Å². The van der Waals surface area contributed by atoms with Gasteiger partial charge in [-0.3, -0.25) is 14.5 Å². The van der Waals surface area contributed by atoms with Crippen LogP contribution in [0.3, 0.4) is 0 Å². The normalized spacial score (nSPS) is 16.7. The highest BCUT2D eigenvalue weighted by Crippen LogP contribution is 2.26. The van der Waals surface area contributed by atoms with Crippen molar-refractivity contribution >= 4 is 5.91 Å². The second-order valence-electron chi connectivity index (χ2n) is 6.99. The minimum atomic E-state index is -4.73. The van der Waals surface area contributed by atoms with E-state index in [2.05, 4.69) is 10.2 Å². The molecule has 5 nitrogen and oxygen atoms in total. The van der Waals surface area contributed by atoms with E-state index in [9.17, 15) is 22.8 Å². The summed E-state index contributed by atoms with van der Waals surface area (Å²) in [6, 6.07) is 1.84. The third-order valence-electron chi connectivity index (χ3n) is 4.57. The van der Waals surface area contributed by atoms with Crippen molar-refractivity contribution in [1.82, 2.24) is 14.8 Å². The summed E-state index contributed by atoms with van der Waals surface area (Å²) < 4.78 is 39.1. The molecule has 140 valence electrons. The fraction of sp³-hybridized carbons (Fsp3) is 0.647. The number of amides is 1. The minimum absolute atomic E-state index is 0.241. The molecule has 2 heterocycles. The largest absolute Gasteiger partial charge is 0.421 e. The third kappa shape index (κ3) is 5.07. The number of piperidine rings is 1. The molecule has 0 spiro atoms. The lowest BCUT2D eigenvalue weighted by molar-refractivity contribution is -0.139. The number of rotatable bonds is 5. The maximum Gasteiger partial charge on any atom is 0.421 e. The van der Waals surface area contributed by atoms with Crippen molar-refractivity contribution in [3.05, 3.63) is 34.2 Å². The smallest absolute Gasteiger partial charge is 0.353 e. The minimum Gasteiger partial charge on any atom is -0.353 e. The molecule has 1 aliphatic heterocycles. The molecule has 25 heavy (non-hydrogen) atoms. The number of nitrogens with one attached hydrogen (secondary N) is 1. The average Bonchev–Trinajstić information content (AvgIpc) is 2.55. The van der Waals surface area contributed by atoms with E-state index in [1.807, 2.05) is 13.8 Å². The Balaban J connectivity index is 1.98. The average molecular weight is 359 g/mol. The summed E-state index contributed by atoms with van der Waals surface area (Å²) in [6.07, 6.45) is -0.0921. The highest BCUT2D eigenvalue weighted by atomic mass is 19.4. The fourth-order valence-electron chi connectivity index (χ4n) is 3.01. The fourth-order valence-corrected chi connectivity index (χ4v) is 3.01. The molecule has 1 aromatic heterocycles. The van der Waals surface area contributed by atoms with Crippen molar-refractivity contribution in [3.8, 4) is 0 Å². The molecule has 1 fully saturated rings. The van der Waals surface area contributed by atoms with Gasteiger partial charge in [0.25, 0.3) is 5.56 Å². The first-order chi connectivity index (χ1) is 11.6. The van der Waals surface area contributed by atoms with Crippen molar-refractivity contribution < 1.29 is 18.0 Å². The van der Waals surface area contributed by atoms with Crippen LogP contribution in [0.15, 0.2) is 23.1 Å².